The Labute approximate surface area is 109 Å². The Morgan fingerprint density at radius 3 is 2.82 bits per heavy atom. The van der Waals surface area contributed by atoms with E-state index in [4.69, 9.17) is 0 Å². The minimum Gasteiger partial charge on any atom is -0.313 e. The predicted molar refractivity (Wildman–Crippen MR) is 77.5 cm³/mol. The van der Waals surface area contributed by atoms with Gasteiger partial charge in [0.05, 0.1) is 0 Å². The minimum absolute atomic E-state index is 0.551. The molecule has 96 valence electrons. The molecule has 0 spiro atoms. The molecule has 1 aromatic rings. The van der Waals surface area contributed by atoms with Gasteiger partial charge in [-0.1, -0.05) is 19.6 Å². The molecule has 0 saturated heterocycles. The van der Waals surface area contributed by atoms with E-state index in [-0.39, 0.29) is 0 Å². The van der Waals surface area contributed by atoms with Crippen LogP contribution in [0.25, 0.3) is 0 Å². The van der Waals surface area contributed by atoms with Crippen LogP contribution in [0.3, 0.4) is 0 Å². The van der Waals surface area contributed by atoms with Gasteiger partial charge in [0.15, 0.2) is 0 Å². The molecule has 0 saturated carbocycles. The molecule has 17 heavy (non-hydrogen) atoms. The molecule has 0 fully saturated rings. The highest BCUT2D eigenvalue weighted by Crippen LogP contribution is 2.14. The second kappa shape index (κ2) is 7.64. The number of hydrogen-bond donors (Lipinski definition) is 1. The Hall–Kier alpha value is -0.640. The smallest absolute Gasteiger partial charge is 0.0334 e. The average Bonchev–Trinajstić information content (AvgIpc) is 2.78. The van der Waals surface area contributed by atoms with Crippen LogP contribution < -0.4 is 5.32 Å². The van der Waals surface area contributed by atoms with Gasteiger partial charge in [0.25, 0.3) is 0 Å². The molecule has 0 aliphatic carbocycles. The highest BCUT2D eigenvalue weighted by molar-refractivity contribution is 7.09. The molecule has 0 aromatic carbocycles. The van der Waals surface area contributed by atoms with Crippen LogP contribution in [0, 0.1) is 0 Å². The molecule has 1 aromatic heterocycles. The highest BCUT2D eigenvalue weighted by atomic mass is 32.1. The van der Waals surface area contributed by atoms with Crippen LogP contribution in [0.4, 0.5) is 0 Å². The lowest BCUT2D eigenvalue weighted by atomic mass is 10.2. The summed E-state index contributed by atoms with van der Waals surface area (Å²) in [5.41, 5.74) is 1.26. The molecule has 1 rings (SSSR count). The van der Waals surface area contributed by atoms with Gasteiger partial charge in [0.2, 0.25) is 0 Å². The number of rotatable bonds is 8. The molecular weight excluding hydrogens is 228 g/mol. The summed E-state index contributed by atoms with van der Waals surface area (Å²) < 4.78 is 0. The van der Waals surface area contributed by atoms with E-state index in [2.05, 4.69) is 55.1 Å². The van der Waals surface area contributed by atoms with Crippen molar-refractivity contribution < 1.29 is 0 Å². The van der Waals surface area contributed by atoms with Gasteiger partial charge in [-0.3, -0.25) is 4.90 Å². The summed E-state index contributed by atoms with van der Waals surface area (Å²) in [5, 5.41) is 5.47. The largest absolute Gasteiger partial charge is 0.313 e. The second-order valence-electron chi connectivity index (χ2n) is 4.61. The topological polar surface area (TPSA) is 15.3 Å². The van der Waals surface area contributed by atoms with Crippen LogP contribution in [0.15, 0.2) is 29.7 Å². The van der Waals surface area contributed by atoms with Gasteiger partial charge >= 0.3 is 0 Å². The van der Waals surface area contributed by atoms with Gasteiger partial charge < -0.3 is 5.32 Å². The predicted octanol–water partition coefficient (Wildman–Crippen LogP) is 3.12. The molecule has 0 bridgehead atoms. The van der Waals surface area contributed by atoms with Crippen molar-refractivity contribution in [2.24, 2.45) is 0 Å². The molecule has 1 heterocycles. The summed E-state index contributed by atoms with van der Waals surface area (Å²) in [7, 11) is 0. The third kappa shape index (κ3) is 5.48. The van der Waals surface area contributed by atoms with Crippen LogP contribution >= 0.6 is 11.3 Å². The van der Waals surface area contributed by atoms with Crippen molar-refractivity contribution in [3.63, 3.8) is 0 Å². The number of likely N-dealkylation sites (N-methyl/N-ethyl adjacent to an activating group) is 1. The Morgan fingerprint density at radius 2 is 2.29 bits per heavy atom. The standard InChI is InChI=1S/C14H24N2S/c1-5-15-9-13(4)10-16(12(2)3)11-14-7-6-8-17-14/h6-8,12,15H,4-5,9-11H2,1-3H3. The number of thiophene rings is 1. The van der Waals surface area contributed by atoms with E-state index >= 15 is 0 Å². The lowest BCUT2D eigenvalue weighted by molar-refractivity contribution is 0.232. The van der Waals surface area contributed by atoms with Crippen LogP contribution in [0.2, 0.25) is 0 Å². The van der Waals surface area contributed by atoms with Gasteiger partial charge in [0, 0.05) is 30.6 Å². The lowest BCUT2D eigenvalue weighted by Crippen LogP contribution is -2.33. The van der Waals surface area contributed by atoms with Crippen molar-refractivity contribution in [3.05, 3.63) is 34.5 Å². The second-order valence-corrected chi connectivity index (χ2v) is 5.64. The van der Waals surface area contributed by atoms with Crippen molar-refractivity contribution >= 4 is 11.3 Å². The maximum atomic E-state index is 4.14. The van der Waals surface area contributed by atoms with Gasteiger partial charge in [-0.2, -0.15) is 0 Å². The first-order valence-electron chi connectivity index (χ1n) is 6.27. The summed E-state index contributed by atoms with van der Waals surface area (Å²) in [6.45, 7) is 14.7. The zero-order chi connectivity index (χ0) is 12.7. The third-order valence-corrected chi connectivity index (χ3v) is 3.58. The number of nitrogens with one attached hydrogen (secondary N) is 1. The summed E-state index contributed by atoms with van der Waals surface area (Å²) >= 11 is 1.83. The summed E-state index contributed by atoms with van der Waals surface area (Å²) in [6.07, 6.45) is 0. The Kier molecular flexibility index (Phi) is 6.48. The Balaban J connectivity index is 2.46. The monoisotopic (exact) mass is 252 g/mol. The lowest BCUT2D eigenvalue weighted by Gasteiger charge is -2.27. The normalized spacial score (nSPS) is 11.4. The van der Waals surface area contributed by atoms with Crippen molar-refractivity contribution in [2.75, 3.05) is 19.6 Å². The number of nitrogens with zero attached hydrogens (tertiary/aromatic N) is 1. The zero-order valence-corrected chi connectivity index (χ0v) is 12.0. The van der Waals surface area contributed by atoms with E-state index in [0.29, 0.717) is 6.04 Å². The molecular formula is C14H24N2S. The first-order chi connectivity index (χ1) is 8.13. The summed E-state index contributed by atoms with van der Waals surface area (Å²) in [4.78, 5) is 3.89. The maximum Gasteiger partial charge on any atom is 0.0334 e. The fraction of sp³-hybridized carbons (Fsp3) is 0.571. The van der Waals surface area contributed by atoms with E-state index in [1.807, 2.05) is 11.3 Å². The zero-order valence-electron chi connectivity index (χ0n) is 11.2. The molecule has 0 amide bonds. The molecule has 0 radical (unpaired) electrons. The Bertz CT molecular complexity index is 317. The molecule has 1 N–H and O–H groups in total. The van der Waals surface area contributed by atoms with Gasteiger partial charge in [-0.25, -0.2) is 0 Å². The number of hydrogen-bond acceptors (Lipinski definition) is 3. The molecule has 0 atom stereocenters. The summed E-state index contributed by atoms with van der Waals surface area (Å²) in [6, 6.07) is 4.87. The molecule has 0 aliphatic rings. The van der Waals surface area contributed by atoms with E-state index in [0.717, 1.165) is 26.2 Å². The highest BCUT2D eigenvalue weighted by Gasteiger charge is 2.11. The van der Waals surface area contributed by atoms with Gasteiger partial charge in [-0.05, 0) is 37.4 Å². The average molecular weight is 252 g/mol. The van der Waals surface area contributed by atoms with Crippen molar-refractivity contribution in [1.29, 1.82) is 0 Å². The van der Waals surface area contributed by atoms with E-state index in [9.17, 15) is 0 Å². The summed E-state index contributed by atoms with van der Waals surface area (Å²) in [5.74, 6) is 0. The fourth-order valence-electron chi connectivity index (χ4n) is 1.67. The molecule has 2 nitrogen and oxygen atoms in total. The first-order valence-corrected chi connectivity index (χ1v) is 7.15. The third-order valence-electron chi connectivity index (χ3n) is 2.72. The maximum absolute atomic E-state index is 4.14. The van der Waals surface area contributed by atoms with Gasteiger partial charge in [-0.15, -0.1) is 11.3 Å². The molecule has 0 unspecified atom stereocenters. The first kappa shape index (κ1) is 14.4. The van der Waals surface area contributed by atoms with Gasteiger partial charge in [0.1, 0.15) is 0 Å². The molecule has 0 aliphatic heterocycles. The van der Waals surface area contributed by atoms with Crippen molar-refractivity contribution in [2.45, 2.75) is 33.4 Å². The van der Waals surface area contributed by atoms with E-state index < -0.39 is 0 Å². The van der Waals surface area contributed by atoms with E-state index in [1.54, 1.807) is 0 Å². The van der Waals surface area contributed by atoms with Crippen LogP contribution in [-0.4, -0.2) is 30.6 Å². The van der Waals surface area contributed by atoms with Crippen molar-refractivity contribution in [1.82, 2.24) is 10.2 Å². The quantitative estimate of drug-likeness (QED) is 0.715. The van der Waals surface area contributed by atoms with Crippen LogP contribution in [-0.2, 0) is 6.54 Å². The van der Waals surface area contributed by atoms with Crippen LogP contribution in [0.1, 0.15) is 25.6 Å². The minimum atomic E-state index is 0.551. The SMILES string of the molecule is C=C(CNCC)CN(Cc1cccs1)C(C)C. The Morgan fingerprint density at radius 1 is 1.53 bits per heavy atom. The van der Waals surface area contributed by atoms with E-state index in [1.165, 1.54) is 10.5 Å². The van der Waals surface area contributed by atoms with Crippen LogP contribution in [0.5, 0.6) is 0 Å². The fourth-order valence-corrected chi connectivity index (χ4v) is 2.40. The van der Waals surface area contributed by atoms with Crippen molar-refractivity contribution in [3.8, 4) is 0 Å². The molecule has 3 heteroatoms.